The lowest BCUT2D eigenvalue weighted by Gasteiger charge is -2.33. The minimum Gasteiger partial charge on any atom is -0.374 e. The number of fused-ring (bicyclic) bond motifs is 1. The molecular formula is C15H18BrN5O3. The van der Waals surface area contributed by atoms with Gasteiger partial charge in [0, 0.05) is 20.1 Å². The summed E-state index contributed by atoms with van der Waals surface area (Å²) in [5.41, 5.74) is 0.232. The molecule has 1 saturated heterocycles. The fourth-order valence-corrected chi connectivity index (χ4v) is 3.73. The van der Waals surface area contributed by atoms with Crippen molar-refractivity contribution in [2.75, 3.05) is 19.7 Å². The first-order valence-electron chi connectivity index (χ1n) is 8.01. The lowest BCUT2D eigenvalue weighted by atomic mass is 10.2. The molecule has 4 rings (SSSR count). The number of ether oxygens (including phenoxy) is 1. The van der Waals surface area contributed by atoms with Crippen molar-refractivity contribution >= 4 is 32.9 Å². The zero-order valence-electron chi connectivity index (χ0n) is 13.3. The van der Waals surface area contributed by atoms with E-state index in [4.69, 9.17) is 4.74 Å². The predicted octanol–water partition coefficient (Wildman–Crippen LogP) is 0.530. The van der Waals surface area contributed by atoms with E-state index in [1.807, 2.05) is 0 Å². The third-order valence-electron chi connectivity index (χ3n) is 4.67. The summed E-state index contributed by atoms with van der Waals surface area (Å²) in [4.78, 5) is 31.2. The number of nitrogens with zero attached hydrogens (tertiary/aromatic N) is 5. The van der Waals surface area contributed by atoms with Gasteiger partial charge in [0.25, 0.3) is 5.56 Å². The Bertz CT molecular complexity index is 857. The third kappa shape index (κ3) is 2.75. The number of aryl methyl sites for hydroxylation is 1. The van der Waals surface area contributed by atoms with E-state index in [-0.39, 0.29) is 24.1 Å². The van der Waals surface area contributed by atoms with Crippen molar-refractivity contribution in [1.82, 2.24) is 24.2 Å². The summed E-state index contributed by atoms with van der Waals surface area (Å²) in [5.74, 6) is 0.514. The monoisotopic (exact) mass is 395 g/mol. The number of hydrogen-bond acceptors (Lipinski definition) is 5. The lowest BCUT2D eigenvalue weighted by molar-refractivity contribution is -0.140. The van der Waals surface area contributed by atoms with E-state index in [0.29, 0.717) is 41.3 Å². The normalized spacial score (nSPS) is 21.4. The van der Waals surface area contributed by atoms with E-state index in [1.165, 1.54) is 28.4 Å². The summed E-state index contributed by atoms with van der Waals surface area (Å²) in [7, 11) is 1.72. The predicted molar refractivity (Wildman–Crippen MR) is 89.5 cm³/mol. The molecule has 2 aromatic heterocycles. The highest BCUT2D eigenvalue weighted by Gasteiger charge is 2.36. The molecule has 128 valence electrons. The van der Waals surface area contributed by atoms with Crippen molar-refractivity contribution in [2.45, 2.75) is 25.5 Å². The molecule has 2 aromatic rings. The van der Waals surface area contributed by atoms with Crippen LogP contribution in [-0.2, 0) is 23.1 Å². The number of rotatable bonds is 3. The quantitative estimate of drug-likeness (QED) is 0.756. The molecule has 1 amide bonds. The number of carbonyl (C=O) groups excluding carboxylic acids is 1. The van der Waals surface area contributed by atoms with Crippen molar-refractivity contribution in [3.05, 3.63) is 21.3 Å². The number of amides is 1. The molecule has 1 unspecified atom stereocenters. The molecule has 2 aliphatic rings. The molecule has 0 bridgehead atoms. The zero-order valence-corrected chi connectivity index (χ0v) is 14.9. The summed E-state index contributed by atoms with van der Waals surface area (Å²) in [6.45, 7) is 1.74. The van der Waals surface area contributed by atoms with Crippen LogP contribution >= 0.6 is 15.9 Å². The molecule has 0 aromatic carbocycles. The Morgan fingerprint density at radius 3 is 3.00 bits per heavy atom. The number of hydrogen-bond donors (Lipinski definition) is 0. The number of aromatic nitrogens is 4. The zero-order chi connectivity index (χ0) is 16.8. The lowest BCUT2D eigenvalue weighted by Crippen LogP contribution is -2.48. The van der Waals surface area contributed by atoms with Crippen LogP contribution in [0.4, 0.5) is 0 Å². The van der Waals surface area contributed by atoms with E-state index < -0.39 is 0 Å². The Morgan fingerprint density at radius 2 is 2.25 bits per heavy atom. The van der Waals surface area contributed by atoms with Gasteiger partial charge >= 0.3 is 0 Å². The molecule has 1 aliphatic carbocycles. The molecule has 24 heavy (non-hydrogen) atoms. The number of morpholine rings is 1. The smallest absolute Gasteiger partial charge is 0.266 e. The Kier molecular flexibility index (Phi) is 3.92. The Balaban J connectivity index is 1.55. The van der Waals surface area contributed by atoms with Gasteiger partial charge in [0.15, 0.2) is 5.65 Å². The fraction of sp³-hybridized carbons (Fsp3) is 0.600. The maximum atomic E-state index is 12.6. The molecule has 0 radical (unpaired) electrons. The molecule has 1 saturated carbocycles. The largest absolute Gasteiger partial charge is 0.374 e. The topological polar surface area (TPSA) is 82.2 Å². The van der Waals surface area contributed by atoms with Crippen LogP contribution in [-0.4, -0.2) is 55.9 Å². The van der Waals surface area contributed by atoms with Gasteiger partial charge in [0.05, 0.1) is 12.7 Å². The summed E-state index contributed by atoms with van der Waals surface area (Å²) in [6, 6.07) is 0. The van der Waals surface area contributed by atoms with Gasteiger partial charge in [-0.15, -0.1) is 0 Å². The van der Waals surface area contributed by atoms with Crippen LogP contribution in [0.3, 0.4) is 0 Å². The Morgan fingerprint density at radius 1 is 1.46 bits per heavy atom. The highest BCUT2D eigenvalue weighted by Crippen LogP contribution is 2.35. The van der Waals surface area contributed by atoms with Gasteiger partial charge in [-0.05, 0) is 34.7 Å². The van der Waals surface area contributed by atoms with Crippen molar-refractivity contribution in [2.24, 2.45) is 13.0 Å². The van der Waals surface area contributed by atoms with Gasteiger partial charge in [-0.25, -0.2) is 9.67 Å². The highest BCUT2D eigenvalue weighted by molar-refractivity contribution is 9.10. The van der Waals surface area contributed by atoms with Crippen molar-refractivity contribution in [3.8, 4) is 0 Å². The average Bonchev–Trinajstić information content (AvgIpc) is 3.37. The van der Waals surface area contributed by atoms with Gasteiger partial charge < -0.3 is 9.64 Å². The summed E-state index contributed by atoms with van der Waals surface area (Å²) < 4.78 is 9.07. The molecular weight excluding hydrogens is 378 g/mol. The van der Waals surface area contributed by atoms with E-state index in [1.54, 1.807) is 11.9 Å². The molecule has 9 heteroatoms. The van der Waals surface area contributed by atoms with Crippen LogP contribution in [0, 0.1) is 5.92 Å². The standard InChI is InChI=1S/C15H18BrN5O3/c1-19-14-12(13(16)18-19)15(23)21(8-17-14)7-11(22)20-4-5-24-10(6-20)9-2-3-9/h8-10H,2-7H2,1H3. The summed E-state index contributed by atoms with van der Waals surface area (Å²) in [5, 5.41) is 4.54. The third-order valence-corrected chi connectivity index (χ3v) is 5.22. The molecule has 1 atom stereocenters. The highest BCUT2D eigenvalue weighted by atomic mass is 79.9. The molecule has 1 aliphatic heterocycles. The van der Waals surface area contributed by atoms with Crippen LogP contribution < -0.4 is 5.56 Å². The summed E-state index contributed by atoms with van der Waals surface area (Å²) in [6.07, 6.45) is 3.92. The van der Waals surface area contributed by atoms with Crippen LogP contribution in [0.1, 0.15) is 12.8 Å². The molecule has 8 nitrogen and oxygen atoms in total. The van der Waals surface area contributed by atoms with Crippen LogP contribution in [0.25, 0.3) is 11.0 Å². The minimum absolute atomic E-state index is 0.0134. The second-order valence-corrected chi connectivity index (χ2v) is 7.13. The minimum atomic E-state index is -0.264. The molecule has 2 fully saturated rings. The maximum Gasteiger partial charge on any atom is 0.266 e. The first-order chi connectivity index (χ1) is 11.5. The molecule has 3 heterocycles. The van der Waals surface area contributed by atoms with Crippen LogP contribution in [0.2, 0.25) is 0 Å². The van der Waals surface area contributed by atoms with Gasteiger partial charge in [0.1, 0.15) is 22.9 Å². The number of carbonyl (C=O) groups is 1. The Labute approximate surface area is 146 Å². The van der Waals surface area contributed by atoms with E-state index in [0.717, 1.165) is 0 Å². The van der Waals surface area contributed by atoms with Crippen LogP contribution in [0.15, 0.2) is 15.7 Å². The fourth-order valence-electron chi connectivity index (χ4n) is 3.15. The van der Waals surface area contributed by atoms with E-state index >= 15 is 0 Å². The van der Waals surface area contributed by atoms with Gasteiger partial charge in [0.2, 0.25) is 5.91 Å². The van der Waals surface area contributed by atoms with Gasteiger partial charge in [-0.3, -0.25) is 14.2 Å². The van der Waals surface area contributed by atoms with E-state index in [9.17, 15) is 9.59 Å². The van der Waals surface area contributed by atoms with Gasteiger partial charge in [-0.2, -0.15) is 5.10 Å². The number of halogens is 1. The van der Waals surface area contributed by atoms with Crippen molar-refractivity contribution < 1.29 is 9.53 Å². The average molecular weight is 396 g/mol. The second kappa shape index (κ2) is 5.96. The molecule has 0 spiro atoms. The first kappa shape index (κ1) is 15.8. The van der Waals surface area contributed by atoms with Gasteiger partial charge in [-0.1, -0.05) is 0 Å². The van der Waals surface area contributed by atoms with Crippen molar-refractivity contribution in [1.29, 1.82) is 0 Å². The van der Waals surface area contributed by atoms with Crippen molar-refractivity contribution in [3.63, 3.8) is 0 Å². The van der Waals surface area contributed by atoms with E-state index in [2.05, 4.69) is 26.0 Å². The SMILES string of the molecule is Cn1nc(Br)c2c(=O)n(CC(=O)N3CCOC(C4CC4)C3)cnc21. The maximum absolute atomic E-state index is 12.6. The summed E-state index contributed by atoms with van der Waals surface area (Å²) >= 11 is 3.28. The molecule has 0 N–H and O–H groups in total. The first-order valence-corrected chi connectivity index (χ1v) is 8.81. The second-order valence-electron chi connectivity index (χ2n) is 6.38. The Hall–Kier alpha value is -1.74. The van der Waals surface area contributed by atoms with Crippen LogP contribution in [0.5, 0.6) is 0 Å².